The SMILES string of the molecule is O=C(N/N=C1\C[C@H]2CC[C@@H]1C2)c1cc(-c2ccccc2Cl)nc2ccccc12. The van der Waals surface area contributed by atoms with Gasteiger partial charge in [0.25, 0.3) is 5.91 Å². The van der Waals surface area contributed by atoms with Crippen molar-refractivity contribution in [1.29, 1.82) is 0 Å². The Hall–Kier alpha value is -2.72. The van der Waals surface area contributed by atoms with Gasteiger partial charge in [0.1, 0.15) is 0 Å². The Morgan fingerprint density at radius 3 is 2.71 bits per heavy atom. The van der Waals surface area contributed by atoms with E-state index in [4.69, 9.17) is 16.6 Å². The van der Waals surface area contributed by atoms with Crippen molar-refractivity contribution < 1.29 is 4.79 Å². The van der Waals surface area contributed by atoms with Crippen LogP contribution in [-0.2, 0) is 0 Å². The quantitative estimate of drug-likeness (QED) is 0.604. The van der Waals surface area contributed by atoms with Crippen molar-refractivity contribution in [1.82, 2.24) is 10.4 Å². The lowest BCUT2D eigenvalue weighted by Gasteiger charge is -2.13. The standard InChI is InChI=1S/C23H20ClN3O/c24-19-7-3-1-6-17(19)22-13-18(16-5-2-4-8-20(16)25-22)23(28)27-26-21-12-14-9-10-15(21)11-14/h1-8,13-15H,9-12H2,(H,27,28)/b26-21+/t14-,15+/m0/s1. The smallest absolute Gasteiger partial charge is 0.267 e. The molecular weight excluding hydrogens is 370 g/mol. The molecule has 4 nitrogen and oxygen atoms in total. The molecule has 2 bridgehead atoms. The minimum atomic E-state index is -0.206. The van der Waals surface area contributed by atoms with Gasteiger partial charge in [-0.25, -0.2) is 10.4 Å². The molecule has 0 spiro atoms. The number of nitrogens with zero attached hydrogens (tertiary/aromatic N) is 2. The first-order valence-electron chi connectivity index (χ1n) is 9.70. The molecule has 0 unspecified atom stereocenters. The number of hydrogen-bond donors (Lipinski definition) is 1. The monoisotopic (exact) mass is 389 g/mol. The first-order chi connectivity index (χ1) is 13.7. The molecule has 1 N–H and O–H groups in total. The van der Waals surface area contributed by atoms with Crippen LogP contribution < -0.4 is 5.43 Å². The van der Waals surface area contributed by atoms with Gasteiger partial charge < -0.3 is 0 Å². The number of halogens is 1. The molecule has 2 aliphatic rings. The normalized spacial score (nSPS) is 22.1. The Kier molecular flexibility index (Phi) is 4.36. The zero-order valence-corrected chi connectivity index (χ0v) is 16.1. The van der Waals surface area contributed by atoms with E-state index < -0.39 is 0 Å². The Morgan fingerprint density at radius 2 is 1.93 bits per heavy atom. The van der Waals surface area contributed by atoms with Gasteiger partial charge in [-0.3, -0.25) is 4.79 Å². The van der Waals surface area contributed by atoms with Crippen molar-refractivity contribution >= 4 is 34.1 Å². The summed E-state index contributed by atoms with van der Waals surface area (Å²) in [5, 5.41) is 5.90. The third-order valence-corrected chi connectivity index (χ3v) is 6.25. The summed E-state index contributed by atoms with van der Waals surface area (Å²) in [6.07, 6.45) is 4.75. The van der Waals surface area contributed by atoms with Crippen LogP contribution in [0.5, 0.6) is 0 Å². The maximum atomic E-state index is 13.0. The second-order valence-electron chi connectivity index (χ2n) is 7.68. The van der Waals surface area contributed by atoms with Gasteiger partial charge in [0.05, 0.1) is 16.8 Å². The molecule has 1 heterocycles. The summed E-state index contributed by atoms with van der Waals surface area (Å²) in [4.78, 5) is 17.7. The summed E-state index contributed by atoms with van der Waals surface area (Å²) in [6.45, 7) is 0. The number of benzene rings is 2. The Morgan fingerprint density at radius 1 is 1.11 bits per heavy atom. The van der Waals surface area contributed by atoms with Gasteiger partial charge in [0.15, 0.2) is 0 Å². The maximum absolute atomic E-state index is 13.0. The summed E-state index contributed by atoms with van der Waals surface area (Å²) in [6, 6.07) is 17.0. The van der Waals surface area contributed by atoms with Crippen molar-refractivity contribution in [2.24, 2.45) is 16.9 Å². The zero-order valence-electron chi connectivity index (χ0n) is 15.4. The van der Waals surface area contributed by atoms with E-state index in [1.165, 1.54) is 19.3 Å². The molecular formula is C23H20ClN3O. The van der Waals surface area contributed by atoms with Crippen LogP contribution in [0, 0.1) is 11.8 Å². The lowest BCUT2D eigenvalue weighted by atomic mass is 9.99. The predicted octanol–water partition coefficient (Wildman–Crippen LogP) is 5.46. The fourth-order valence-electron chi connectivity index (χ4n) is 4.52. The number of amides is 1. The zero-order chi connectivity index (χ0) is 19.1. The number of carbonyl (C=O) groups excluding carboxylic acids is 1. The molecule has 2 aliphatic carbocycles. The van der Waals surface area contributed by atoms with Gasteiger partial charge in [-0.15, -0.1) is 0 Å². The molecule has 5 heteroatoms. The van der Waals surface area contributed by atoms with E-state index in [2.05, 4.69) is 10.5 Å². The molecule has 5 rings (SSSR count). The van der Waals surface area contributed by atoms with E-state index in [9.17, 15) is 4.79 Å². The highest BCUT2D eigenvalue weighted by Gasteiger charge is 2.36. The van der Waals surface area contributed by atoms with Gasteiger partial charge >= 0.3 is 0 Å². The lowest BCUT2D eigenvalue weighted by Crippen LogP contribution is -2.22. The molecule has 2 atom stereocenters. The largest absolute Gasteiger partial charge is 0.272 e. The first kappa shape index (κ1) is 17.4. The first-order valence-corrected chi connectivity index (χ1v) is 10.1. The van der Waals surface area contributed by atoms with Gasteiger partial charge in [0, 0.05) is 21.7 Å². The number of nitrogens with one attached hydrogen (secondary N) is 1. The molecule has 140 valence electrons. The lowest BCUT2D eigenvalue weighted by molar-refractivity contribution is 0.0956. The molecule has 2 saturated carbocycles. The average molecular weight is 390 g/mol. The van der Waals surface area contributed by atoms with Crippen LogP contribution in [0.4, 0.5) is 0 Å². The van der Waals surface area contributed by atoms with Crippen LogP contribution in [0.1, 0.15) is 36.0 Å². The van der Waals surface area contributed by atoms with Crippen molar-refractivity contribution in [2.75, 3.05) is 0 Å². The van der Waals surface area contributed by atoms with Crippen LogP contribution in [0.3, 0.4) is 0 Å². The van der Waals surface area contributed by atoms with Gasteiger partial charge in [-0.05, 0) is 55.7 Å². The average Bonchev–Trinajstić information content (AvgIpc) is 3.35. The minimum absolute atomic E-state index is 0.206. The van der Waals surface area contributed by atoms with E-state index in [1.807, 2.05) is 48.5 Å². The Balaban J connectivity index is 1.53. The Labute approximate surface area is 168 Å². The summed E-state index contributed by atoms with van der Waals surface area (Å²) < 4.78 is 0. The summed E-state index contributed by atoms with van der Waals surface area (Å²) in [5.74, 6) is 1.11. The molecule has 1 amide bonds. The number of para-hydroxylation sites is 1. The van der Waals surface area contributed by atoms with Crippen molar-refractivity contribution in [2.45, 2.75) is 25.7 Å². The second-order valence-corrected chi connectivity index (χ2v) is 8.08. The van der Waals surface area contributed by atoms with Crippen LogP contribution >= 0.6 is 11.6 Å². The molecule has 0 radical (unpaired) electrons. The number of aromatic nitrogens is 1. The fourth-order valence-corrected chi connectivity index (χ4v) is 4.75. The molecule has 3 aromatic rings. The summed E-state index contributed by atoms with van der Waals surface area (Å²) in [7, 11) is 0. The van der Waals surface area contributed by atoms with Crippen LogP contribution in [0.2, 0.25) is 5.02 Å². The number of hydrazone groups is 1. The van der Waals surface area contributed by atoms with Crippen LogP contribution in [0.15, 0.2) is 59.7 Å². The predicted molar refractivity (Wildman–Crippen MR) is 113 cm³/mol. The third kappa shape index (κ3) is 3.08. The van der Waals surface area contributed by atoms with Crippen LogP contribution in [-0.4, -0.2) is 16.6 Å². The number of rotatable bonds is 3. The third-order valence-electron chi connectivity index (χ3n) is 5.92. The topological polar surface area (TPSA) is 54.4 Å². The molecule has 0 aliphatic heterocycles. The van der Waals surface area contributed by atoms with Crippen molar-refractivity contribution in [3.05, 3.63) is 65.2 Å². The fraction of sp³-hybridized carbons (Fsp3) is 0.261. The van der Waals surface area contributed by atoms with Gasteiger partial charge in [0.2, 0.25) is 0 Å². The van der Waals surface area contributed by atoms with E-state index in [1.54, 1.807) is 6.07 Å². The molecule has 2 fully saturated rings. The van der Waals surface area contributed by atoms with Gasteiger partial charge in [-0.1, -0.05) is 48.0 Å². The van der Waals surface area contributed by atoms with Crippen LogP contribution in [0.25, 0.3) is 22.2 Å². The maximum Gasteiger partial charge on any atom is 0.272 e. The minimum Gasteiger partial charge on any atom is -0.267 e. The van der Waals surface area contributed by atoms with Crippen molar-refractivity contribution in [3.8, 4) is 11.3 Å². The van der Waals surface area contributed by atoms with E-state index >= 15 is 0 Å². The summed E-state index contributed by atoms with van der Waals surface area (Å²) in [5.41, 5.74) is 6.76. The van der Waals surface area contributed by atoms with E-state index in [0.29, 0.717) is 22.2 Å². The summed E-state index contributed by atoms with van der Waals surface area (Å²) >= 11 is 6.36. The highest BCUT2D eigenvalue weighted by atomic mass is 35.5. The highest BCUT2D eigenvalue weighted by Crippen LogP contribution is 2.42. The Bertz CT molecular complexity index is 1110. The molecule has 2 aromatic carbocycles. The molecule has 28 heavy (non-hydrogen) atoms. The van der Waals surface area contributed by atoms with Gasteiger partial charge in [-0.2, -0.15) is 5.10 Å². The highest BCUT2D eigenvalue weighted by molar-refractivity contribution is 6.33. The van der Waals surface area contributed by atoms with Crippen molar-refractivity contribution in [3.63, 3.8) is 0 Å². The number of hydrogen-bond acceptors (Lipinski definition) is 3. The number of fused-ring (bicyclic) bond motifs is 3. The molecule has 1 aromatic heterocycles. The number of pyridine rings is 1. The second kappa shape index (κ2) is 7.02. The van der Waals surface area contributed by atoms with E-state index in [0.717, 1.165) is 34.5 Å². The number of carbonyl (C=O) groups is 1. The van der Waals surface area contributed by atoms with E-state index in [-0.39, 0.29) is 5.91 Å². The molecule has 0 saturated heterocycles.